The van der Waals surface area contributed by atoms with Crippen LogP contribution < -0.4 is 28.6 Å². The minimum absolute atomic E-state index is 0.0394. The zero-order chi connectivity index (χ0) is 37.6. The summed E-state index contributed by atoms with van der Waals surface area (Å²) in [5.41, 5.74) is 0.698. The Morgan fingerprint density at radius 3 is 1.62 bits per heavy atom. The number of ether oxygens (including phenoxy) is 5. The van der Waals surface area contributed by atoms with Crippen molar-refractivity contribution in [3.63, 3.8) is 0 Å². The van der Waals surface area contributed by atoms with Crippen molar-refractivity contribution in [3.05, 3.63) is 143 Å². The van der Waals surface area contributed by atoms with E-state index < -0.39 is 34.5 Å². The molecule has 0 N–H and O–H groups in total. The number of imide groups is 1. The molecule has 5 aromatic carbocycles. The number of allylic oxidation sites excluding steroid dienone is 2. The maximum absolute atomic E-state index is 16.4. The number of nitrogens with zero attached hydrogens (tertiary/aromatic N) is 1. The molecular formula is C45H33NO9. The van der Waals surface area contributed by atoms with Crippen molar-refractivity contribution >= 4 is 40.2 Å². The summed E-state index contributed by atoms with van der Waals surface area (Å²) in [4.78, 5) is 61.4. The average Bonchev–Trinajstić information content (AvgIpc) is 4.02. The van der Waals surface area contributed by atoms with Gasteiger partial charge in [-0.05, 0) is 89.7 Å². The summed E-state index contributed by atoms with van der Waals surface area (Å²) in [5.74, 6) is -1.64. The largest absolute Gasteiger partial charge is 0.492 e. The highest BCUT2D eigenvalue weighted by Gasteiger charge is 2.83. The van der Waals surface area contributed by atoms with Crippen molar-refractivity contribution in [3.8, 4) is 28.7 Å². The van der Waals surface area contributed by atoms with E-state index in [1.54, 1.807) is 31.2 Å². The molecule has 0 spiro atoms. The SMILES string of the molecule is CCOc1ccc(C(C)=O)cc1N1C(=O)[C@@H]2[C@@H](C1=O)[C@@]1(c3ccccc3)C(=O)[C@@]2(c2ccccc2)C(c2ccc3c(c2)OCO3)=C1c1ccc2c(c1)OCO2. The lowest BCUT2D eigenvalue weighted by molar-refractivity contribution is -0.130. The van der Waals surface area contributed by atoms with Crippen molar-refractivity contribution in [1.29, 1.82) is 0 Å². The minimum Gasteiger partial charge on any atom is -0.492 e. The number of carbonyl (C=O) groups excluding carboxylic acids is 4. The van der Waals surface area contributed by atoms with Gasteiger partial charge in [-0.3, -0.25) is 19.2 Å². The van der Waals surface area contributed by atoms with Crippen LogP contribution in [0.5, 0.6) is 28.7 Å². The summed E-state index contributed by atoms with van der Waals surface area (Å²) < 4.78 is 29.2. The lowest BCUT2D eigenvalue weighted by Crippen LogP contribution is -2.45. The van der Waals surface area contributed by atoms with Crippen LogP contribution in [0, 0.1) is 11.8 Å². The first-order chi connectivity index (χ1) is 26.8. The van der Waals surface area contributed by atoms with Gasteiger partial charge in [-0.2, -0.15) is 0 Å². The van der Waals surface area contributed by atoms with E-state index in [0.29, 0.717) is 62.0 Å². The van der Waals surface area contributed by atoms with E-state index >= 15 is 14.4 Å². The first kappa shape index (κ1) is 32.9. The van der Waals surface area contributed by atoms with Crippen LogP contribution >= 0.6 is 0 Å². The molecule has 5 aromatic rings. The molecule has 272 valence electrons. The van der Waals surface area contributed by atoms with Crippen LogP contribution in [0.1, 0.15) is 46.5 Å². The number of anilines is 1. The molecule has 3 heterocycles. The second-order valence-corrected chi connectivity index (χ2v) is 14.2. The molecule has 10 rings (SSSR count). The van der Waals surface area contributed by atoms with E-state index in [1.807, 2.05) is 84.9 Å². The summed E-state index contributed by atoms with van der Waals surface area (Å²) in [5, 5.41) is 0. The number of Topliss-reactive ketones (excluding diaryl/α,β-unsaturated/α-hetero) is 2. The molecule has 4 atom stereocenters. The number of amides is 2. The molecule has 3 aliphatic heterocycles. The summed E-state index contributed by atoms with van der Waals surface area (Å²) >= 11 is 0. The van der Waals surface area contributed by atoms with Crippen molar-refractivity contribution in [1.82, 2.24) is 0 Å². The van der Waals surface area contributed by atoms with Gasteiger partial charge in [-0.15, -0.1) is 0 Å². The molecule has 2 amide bonds. The number of carbonyl (C=O) groups is 4. The van der Waals surface area contributed by atoms with Crippen LogP contribution in [-0.2, 0) is 25.2 Å². The number of benzene rings is 5. The Kier molecular flexibility index (Phi) is 7.13. The molecule has 2 fully saturated rings. The fourth-order valence-corrected chi connectivity index (χ4v) is 9.65. The van der Waals surface area contributed by atoms with Gasteiger partial charge in [0.1, 0.15) is 5.75 Å². The van der Waals surface area contributed by atoms with Crippen LogP contribution in [-0.4, -0.2) is 43.6 Å². The number of fused-ring (bicyclic) bond motifs is 7. The molecule has 0 radical (unpaired) electrons. The highest BCUT2D eigenvalue weighted by atomic mass is 16.7. The molecule has 10 heteroatoms. The monoisotopic (exact) mass is 731 g/mol. The van der Waals surface area contributed by atoms with E-state index in [2.05, 4.69) is 0 Å². The molecule has 10 nitrogen and oxygen atoms in total. The summed E-state index contributed by atoms with van der Waals surface area (Å²) in [6.45, 7) is 3.56. The standard InChI is InChI=1S/C45H33NO9/c1-3-51-32-17-14-26(25(2)47)20-31(32)46-41(48)39-40(42(46)49)45(30-12-8-5-9-13-30)38(28-16-19-34-36(22-28)55-24-53-34)37(27-15-18-33-35(21-27)54-23-52-33)44(39,43(45)50)29-10-6-4-7-11-29/h4-22,39-40H,3,23-24H2,1-2H3/t39-,40-,44-,45-/m0/s1. The Morgan fingerprint density at radius 1 is 0.655 bits per heavy atom. The molecule has 0 unspecified atom stereocenters. The summed E-state index contributed by atoms with van der Waals surface area (Å²) in [6.07, 6.45) is 0. The number of hydrogen-bond donors (Lipinski definition) is 0. The lowest BCUT2D eigenvalue weighted by atomic mass is 9.59. The van der Waals surface area contributed by atoms with Crippen molar-refractivity contribution < 1.29 is 42.9 Å². The van der Waals surface area contributed by atoms with Crippen LogP contribution in [0.25, 0.3) is 11.1 Å². The normalized spacial score (nSPS) is 24.2. The topological polar surface area (TPSA) is 118 Å². The number of hydrogen-bond acceptors (Lipinski definition) is 9. The van der Waals surface area contributed by atoms with Gasteiger partial charge >= 0.3 is 0 Å². The van der Waals surface area contributed by atoms with Gasteiger partial charge < -0.3 is 23.7 Å². The Balaban J connectivity index is 1.35. The Bertz CT molecular complexity index is 2390. The predicted octanol–water partition coefficient (Wildman–Crippen LogP) is 6.93. The van der Waals surface area contributed by atoms with Crippen LogP contribution in [0.3, 0.4) is 0 Å². The van der Waals surface area contributed by atoms with Crippen molar-refractivity contribution in [2.24, 2.45) is 11.8 Å². The molecule has 2 bridgehead atoms. The van der Waals surface area contributed by atoms with E-state index in [4.69, 9.17) is 23.7 Å². The van der Waals surface area contributed by atoms with Gasteiger partial charge in [0, 0.05) is 5.56 Å². The van der Waals surface area contributed by atoms with Crippen LogP contribution in [0.15, 0.2) is 115 Å². The zero-order valence-electron chi connectivity index (χ0n) is 29.9. The Morgan fingerprint density at radius 2 is 1.15 bits per heavy atom. The smallest absolute Gasteiger partial charge is 0.239 e. The molecule has 55 heavy (non-hydrogen) atoms. The highest BCUT2D eigenvalue weighted by molar-refractivity contribution is 6.39. The third-order valence-corrected chi connectivity index (χ3v) is 11.7. The second kappa shape index (κ2) is 11.9. The number of ketones is 2. The summed E-state index contributed by atoms with van der Waals surface area (Å²) in [6, 6.07) is 34.3. The molecule has 2 aliphatic carbocycles. The van der Waals surface area contributed by atoms with E-state index in [9.17, 15) is 4.79 Å². The first-order valence-electron chi connectivity index (χ1n) is 18.2. The second-order valence-electron chi connectivity index (χ2n) is 14.2. The van der Waals surface area contributed by atoms with E-state index in [1.165, 1.54) is 13.0 Å². The van der Waals surface area contributed by atoms with Crippen LogP contribution in [0.4, 0.5) is 5.69 Å². The zero-order valence-corrected chi connectivity index (χ0v) is 29.9. The van der Waals surface area contributed by atoms with Crippen LogP contribution in [0.2, 0.25) is 0 Å². The van der Waals surface area contributed by atoms with Gasteiger partial charge in [0.2, 0.25) is 25.4 Å². The Hall–Kier alpha value is -6.68. The van der Waals surface area contributed by atoms with E-state index in [0.717, 1.165) is 4.90 Å². The summed E-state index contributed by atoms with van der Waals surface area (Å²) in [7, 11) is 0. The van der Waals surface area contributed by atoms with Gasteiger partial charge in [-0.25, -0.2) is 4.90 Å². The molecular weight excluding hydrogens is 698 g/mol. The van der Waals surface area contributed by atoms with Crippen molar-refractivity contribution in [2.45, 2.75) is 24.7 Å². The average molecular weight is 732 g/mol. The maximum Gasteiger partial charge on any atom is 0.239 e. The van der Waals surface area contributed by atoms with Crippen molar-refractivity contribution in [2.75, 3.05) is 25.1 Å². The molecule has 5 aliphatic rings. The number of rotatable bonds is 8. The van der Waals surface area contributed by atoms with Gasteiger partial charge in [0.05, 0.1) is 35.0 Å². The third kappa shape index (κ3) is 4.24. The van der Waals surface area contributed by atoms with Gasteiger partial charge in [0.25, 0.3) is 0 Å². The molecule has 1 saturated carbocycles. The fourth-order valence-electron chi connectivity index (χ4n) is 9.65. The van der Waals surface area contributed by atoms with Gasteiger partial charge in [0.15, 0.2) is 34.6 Å². The van der Waals surface area contributed by atoms with E-state index in [-0.39, 0.29) is 43.2 Å². The third-order valence-electron chi connectivity index (χ3n) is 11.7. The fraction of sp³-hybridized carbons (Fsp3) is 0.200. The molecule has 0 aromatic heterocycles. The van der Waals surface area contributed by atoms with Gasteiger partial charge in [-0.1, -0.05) is 72.8 Å². The minimum atomic E-state index is -1.67. The predicted molar refractivity (Wildman–Crippen MR) is 200 cm³/mol. The lowest BCUT2D eigenvalue weighted by Gasteiger charge is -2.39. The Labute approximate surface area is 315 Å². The maximum atomic E-state index is 16.4. The molecule has 1 saturated heterocycles. The first-order valence-corrected chi connectivity index (χ1v) is 18.2. The highest BCUT2D eigenvalue weighted by Crippen LogP contribution is 2.75. The quantitative estimate of drug-likeness (QED) is 0.124.